The van der Waals surface area contributed by atoms with Crippen LogP contribution in [0.25, 0.3) is 36.5 Å². The molecular formula is C51H42ArO3Pd. The van der Waals surface area contributed by atoms with Crippen molar-refractivity contribution in [3.63, 3.8) is 0 Å². The first-order chi connectivity index (χ1) is 26.5. The molecule has 0 amide bonds. The SMILES string of the molecule is O=C(C=Cc1ccccc1)C=Cc1ccccc1.O=C(C=Cc1ccccc1)C=Cc1ccccc1.O=C(C=Cc1ccccc1)C=Cc1ccccc1.[Ar].[Pd]. The molecule has 0 saturated heterocycles. The number of hydrogen-bond donors (Lipinski definition) is 0. The first kappa shape index (κ1) is 46.8. The van der Waals surface area contributed by atoms with Crippen molar-refractivity contribution in [2.75, 3.05) is 0 Å². The first-order valence-corrected chi connectivity index (χ1v) is 17.5. The zero-order valence-electron chi connectivity index (χ0n) is 30.6. The van der Waals surface area contributed by atoms with Crippen LogP contribution in [-0.4, -0.2) is 17.3 Å². The molecule has 0 aromatic heterocycles. The molecule has 0 fully saturated rings. The Bertz CT molecular complexity index is 1770. The van der Waals surface area contributed by atoms with Crippen LogP contribution in [0.1, 0.15) is 33.4 Å². The van der Waals surface area contributed by atoms with Crippen LogP contribution >= 0.6 is 0 Å². The van der Waals surface area contributed by atoms with Crippen molar-refractivity contribution in [2.45, 2.75) is 0 Å². The Morgan fingerprint density at radius 1 is 0.250 bits per heavy atom. The smallest absolute Gasteiger partial charge is 0.178 e. The summed E-state index contributed by atoms with van der Waals surface area (Å²) in [6.07, 6.45) is 20.4. The van der Waals surface area contributed by atoms with E-state index in [9.17, 15) is 14.4 Å². The van der Waals surface area contributed by atoms with E-state index in [0.29, 0.717) is 0 Å². The summed E-state index contributed by atoms with van der Waals surface area (Å²) < 4.78 is 0. The van der Waals surface area contributed by atoms with E-state index in [2.05, 4.69) is 0 Å². The molecule has 56 heavy (non-hydrogen) atoms. The molecule has 0 aliphatic rings. The minimum atomic E-state index is -0.0114. The number of carbonyl (C=O) groups is 3. The second-order valence-electron chi connectivity index (χ2n) is 11.7. The van der Waals surface area contributed by atoms with E-state index in [1.165, 1.54) is 0 Å². The summed E-state index contributed by atoms with van der Waals surface area (Å²) >= 11 is 0. The molecule has 282 valence electrons. The van der Waals surface area contributed by atoms with Gasteiger partial charge < -0.3 is 0 Å². The van der Waals surface area contributed by atoms with Gasteiger partial charge in [0.2, 0.25) is 0 Å². The molecule has 0 aliphatic carbocycles. The molecule has 0 aliphatic heterocycles. The number of allylic oxidation sites excluding steroid dienone is 6. The van der Waals surface area contributed by atoms with Gasteiger partial charge >= 0.3 is 0 Å². The van der Waals surface area contributed by atoms with Crippen molar-refractivity contribution < 1.29 is 72.5 Å². The molecule has 6 rings (SSSR count). The second-order valence-corrected chi connectivity index (χ2v) is 11.7. The van der Waals surface area contributed by atoms with Gasteiger partial charge in [-0.05, 0) is 69.8 Å². The molecule has 0 atom stereocenters. The molecular weight excluding hydrogens is 807 g/mol. The van der Waals surface area contributed by atoms with Crippen molar-refractivity contribution in [1.29, 1.82) is 0 Å². The monoisotopic (exact) mass is 848 g/mol. The number of ketones is 3. The van der Waals surface area contributed by atoms with Gasteiger partial charge in [0.05, 0.1) is 0 Å². The van der Waals surface area contributed by atoms with Gasteiger partial charge in [0, 0.05) is 58.2 Å². The van der Waals surface area contributed by atoms with Gasteiger partial charge in [-0.3, -0.25) is 14.4 Å². The van der Waals surface area contributed by atoms with Crippen molar-refractivity contribution in [3.8, 4) is 0 Å². The molecule has 6 aromatic carbocycles. The van der Waals surface area contributed by atoms with Crippen LogP contribution in [0.3, 0.4) is 0 Å². The number of hydrogen-bond acceptors (Lipinski definition) is 3. The summed E-state index contributed by atoms with van der Waals surface area (Å²) in [4.78, 5) is 34.8. The molecule has 0 heterocycles. The number of carbonyl (C=O) groups excluding carboxylic acids is 3. The number of benzene rings is 6. The van der Waals surface area contributed by atoms with Gasteiger partial charge in [-0.1, -0.05) is 218 Å². The van der Waals surface area contributed by atoms with Crippen LogP contribution in [0.4, 0.5) is 0 Å². The maximum atomic E-state index is 11.6. The Balaban J connectivity index is 0.000000285. The van der Waals surface area contributed by atoms with Crippen molar-refractivity contribution in [3.05, 3.63) is 252 Å². The molecule has 0 spiro atoms. The molecule has 0 unspecified atom stereocenters. The Hall–Kier alpha value is -5.31. The third kappa shape index (κ3) is 21.0. The van der Waals surface area contributed by atoms with Crippen LogP contribution in [0, 0.1) is 37.7 Å². The van der Waals surface area contributed by atoms with Crippen LogP contribution in [0.5, 0.6) is 0 Å². The Morgan fingerprint density at radius 3 is 0.500 bits per heavy atom. The molecule has 0 N–H and O–H groups in total. The summed E-state index contributed by atoms with van der Waals surface area (Å²) in [5.41, 5.74) is 6.16. The number of rotatable bonds is 12. The molecule has 0 radical (unpaired) electrons. The van der Waals surface area contributed by atoms with Crippen LogP contribution in [-0.2, 0) is 34.8 Å². The molecule has 6 aromatic rings. The van der Waals surface area contributed by atoms with Crippen molar-refractivity contribution >= 4 is 53.8 Å². The predicted molar refractivity (Wildman–Crippen MR) is 228 cm³/mol. The average molecular weight is 849 g/mol. The maximum Gasteiger partial charge on any atom is 0.178 e. The largest absolute Gasteiger partial charge is 0.290 e. The quantitative estimate of drug-likeness (QED) is 0.0910. The van der Waals surface area contributed by atoms with Gasteiger partial charge in [0.15, 0.2) is 17.3 Å². The Labute approximate surface area is 374 Å². The fraction of sp³-hybridized carbons (Fsp3) is 0. The second kappa shape index (κ2) is 29.0. The van der Waals surface area contributed by atoms with E-state index in [1.54, 1.807) is 36.5 Å². The van der Waals surface area contributed by atoms with Crippen LogP contribution in [0.2, 0.25) is 0 Å². The first-order valence-electron chi connectivity index (χ1n) is 17.5. The van der Waals surface area contributed by atoms with Gasteiger partial charge in [-0.2, -0.15) is 0 Å². The third-order valence-electron chi connectivity index (χ3n) is 7.44. The topological polar surface area (TPSA) is 51.2 Å². The Kier molecular flexibility index (Phi) is 24.3. The van der Waals surface area contributed by atoms with E-state index >= 15 is 0 Å². The predicted octanol–water partition coefficient (Wildman–Crippen LogP) is 11.9. The van der Waals surface area contributed by atoms with E-state index in [0.717, 1.165) is 33.4 Å². The van der Waals surface area contributed by atoms with Gasteiger partial charge in [-0.15, -0.1) is 0 Å². The maximum absolute atomic E-state index is 11.6. The standard InChI is InChI=1S/3C17H14O.Ar.Pd/c3*18-17(13-11-15-7-3-1-4-8-15)14-12-16-9-5-2-6-10-16;;/h3*1-14H;;. The molecule has 5 heteroatoms. The third-order valence-corrected chi connectivity index (χ3v) is 7.44. The van der Waals surface area contributed by atoms with E-state index in [4.69, 9.17) is 0 Å². The summed E-state index contributed by atoms with van der Waals surface area (Å²) in [6, 6.07) is 58.7. The Morgan fingerprint density at radius 2 is 0.375 bits per heavy atom. The average Bonchev–Trinajstić information content (AvgIpc) is 3.24. The van der Waals surface area contributed by atoms with E-state index < -0.39 is 0 Å². The summed E-state index contributed by atoms with van der Waals surface area (Å²) in [5, 5.41) is 0. The minimum absolute atomic E-state index is 0. The molecule has 0 bridgehead atoms. The summed E-state index contributed by atoms with van der Waals surface area (Å²) in [6.45, 7) is 0. The van der Waals surface area contributed by atoms with Gasteiger partial charge in [0.25, 0.3) is 0 Å². The van der Waals surface area contributed by atoms with Crippen molar-refractivity contribution in [1.82, 2.24) is 0 Å². The zero-order chi connectivity index (χ0) is 37.9. The molecule has 3 nitrogen and oxygen atoms in total. The fourth-order valence-electron chi connectivity index (χ4n) is 4.62. The normalized spacial score (nSPS) is 10.7. The molecule has 0 saturated carbocycles. The van der Waals surface area contributed by atoms with Gasteiger partial charge in [0.1, 0.15) is 0 Å². The van der Waals surface area contributed by atoms with E-state index in [-0.39, 0.29) is 75.5 Å². The van der Waals surface area contributed by atoms with Crippen LogP contribution < -0.4 is 0 Å². The minimum Gasteiger partial charge on any atom is -0.290 e. The fourth-order valence-corrected chi connectivity index (χ4v) is 4.62. The summed E-state index contributed by atoms with van der Waals surface area (Å²) in [7, 11) is 0. The van der Waals surface area contributed by atoms with E-state index in [1.807, 2.05) is 218 Å². The zero-order valence-corrected chi connectivity index (χ0v) is 32.9. The van der Waals surface area contributed by atoms with Gasteiger partial charge in [-0.25, -0.2) is 0 Å². The van der Waals surface area contributed by atoms with Crippen molar-refractivity contribution in [2.24, 2.45) is 0 Å². The van der Waals surface area contributed by atoms with Crippen LogP contribution in [0.15, 0.2) is 218 Å². The summed E-state index contributed by atoms with van der Waals surface area (Å²) in [5.74, 6) is -0.0341.